The SMILES string of the molecule is O=C(COC(=O)CNC(=O)c1ccc(F)cc1F)NC(=O)NCC(F)(F)F. The number of hydrogen-bond acceptors (Lipinski definition) is 5. The molecule has 1 aromatic carbocycles. The van der Waals surface area contributed by atoms with Crippen molar-refractivity contribution < 1.29 is 45.9 Å². The molecule has 0 radical (unpaired) electrons. The molecule has 0 unspecified atom stereocenters. The van der Waals surface area contributed by atoms with E-state index in [1.807, 2.05) is 5.32 Å². The predicted octanol–water partition coefficient (Wildman–Crippen LogP) is 0.626. The predicted molar refractivity (Wildman–Crippen MR) is 77.2 cm³/mol. The number of urea groups is 1. The Labute approximate surface area is 148 Å². The zero-order chi connectivity index (χ0) is 20.6. The summed E-state index contributed by atoms with van der Waals surface area (Å²) in [6.07, 6.45) is -4.67. The van der Waals surface area contributed by atoms with Crippen molar-refractivity contribution in [3.63, 3.8) is 0 Å². The van der Waals surface area contributed by atoms with E-state index in [1.165, 1.54) is 10.6 Å². The molecule has 0 spiro atoms. The monoisotopic (exact) mass is 397 g/mol. The number of nitrogens with one attached hydrogen (secondary N) is 3. The molecule has 0 aliphatic carbocycles. The topological polar surface area (TPSA) is 114 Å². The molecule has 0 fully saturated rings. The Morgan fingerprint density at radius 1 is 1.04 bits per heavy atom. The Balaban J connectivity index is 2.33. The molecule has 0 heterocycles. The fourth-order valence-corrected chi connectivity index (χ4v) is 1.51. The summed E-state index contributed by atoms with van der Waals surface area (Å²) in [7, 11) is 0. The third-order valence-electron chi connectivity index (χ3n) is 2.64. The van der Waals surface area contributed by atoms with E-state index in [2.05, 4.69) is 4.74 Å². The summed E-state index contributed by atoms with van der Waals surface area (Å²) in [5.74, 6) is -5.50. The highest BCUT2D eigenvalue weighted by Crippen LogP contribution is 2.12. The summed E-state index contributed by atoms with van der Waals surface area (Å²) >= 11 is 0. The van der Waals surface area contributed by atoms with Gasteiger partial charge < -0.3 is 15.4 Å². The molecular weight excluding hydrogens is 385 g/mol. The summed E-state index contributed by atoms with van der Waals surface area (Å²) in [4.78, 5) is 45.1. The van der Waals surface area contributed by atoms with Crippen LogP contribution in [0.15, 0.2) is 18.2 Å². The second-order valence-corrected chi connectivity index (χ2v) is 4.81. The fourth-order valence-electron chi connectivity index (χ4n) is 1.51. The maximum atomic E-state index is 13.4. The van der Waals surface area contributed by atoms with Gasteiger partial charge in [-0.05, 0) is 12.1 Å². The van der Waals surface area contributed by atoms with Gasteiger partial charge in [-0.1, -0.05) is 0 Å². The van der Waals surface area contributed by atoms with Crippen molar-refractivity contribution in [3.8, 4) is 0 Å². The van der Waals surface area contributed by atoms with E-state index >= 15 is 0 Å². The highest BCUT2D eigenvalue weighted by atomic mass is 19.4. The minimum Gasteiger partial charge on any atom is -0.454 e. The van der Waals surface area contributed by atoms with Gasteiger partial charge in [-0.25, -0.2) is 13.6 Å². The highest BCUT2D eigenvalue weighted by molar-refractivity contribution is 5.97. The van der Waals surface area contributed by atoms with Crippen molar-refractivity contribution >= 4 is 23.8 Å². The van der Waals surface area contributed by atoms with E-state index in [1.54, 1.807) is 0 Å². The fraction of sp³-hybridized carbons (Fsp3) is 0.286. The van der Waals surface area contributed by atoms with E-state index in [-0.39, 0.29) is 0 Å². The van der Waals surface area contributed by atoms with Crippen molar-refractivity contribution in [2.75, 3.05) is 19.7 Å². The van der Waals surface area contributed by atoms with E-state index in [4.69, 9.17) is 0 Å². The summed E-state index contributed by atoms with van der Waals surface area (Å²) in [5.41, 5.74) is -0.539. The number of halogens is 5. The lowest BCUT2D eigenvalue weighted by Crippen LogP contribution is -2.45. The Morgan fingerprint density at radius 2 is 1.70 bits per heavy atom. The molecule has 0 aliphatic rings. The molecule has 8 nitrogen and oxygen atoms in total. The van der Waals surface area contributed by atoms with E-state index in [0.717, 1.165) is 12.1 Å². The van der Waals surface area contributed by atoms with Crippen LogP contribution < -0.4 is 16.0 Å². The lowest BCUT2D eigenvalue weighted by atomic mass is 10.2. The zero-order valence-electron chi connectivity index (χ0n) is 13.3. The first-order chi connectivity index (χ1) is 12.5. The Bertz CT molecular complexity index is 738. The quantitative estimate of drug-likeness (QED) is 0.481. The van der Waals surface area contributed by atoms with E-state index < -0.39 is 66.9 Å². The van der Waals surface area contributed by atoms with E-state index in [0.29, 0.717) is 6.07 Å². The number of carbonyl (C=O) groups excluding carboxylic acids is 4. The molecule has 0 aliphatic heterocycles. The maximum absolute atomic E-state index is 13.4. The number of rotatable bonds is 6. The summed E-state index contributed by atoms with van der Waals surface area (Å²) in [6.45, 7) is -3.47. The van der Waals surface area contributed by atoms with Gasteiger partial charge in [0.15, 0.2) is 6.61 Å². The number of amides is 4. The third-order valence-corrected chi connectivity index (χ3v) is 2.64. The molecule has 4 amide bonds. The second kappa shape index (κ2) is 9.45. The van der Waals surface area contributed by atoms with Gasteiger partial charge in [-0.3, -0.25) is 19.7 Å². The number of carbonyl (C=O) groups is 4. The number of esters is 1. The van der Waals surface area contributed by atoms with Gasteiger partial charge in [0.2, 0.25) is 0 Å². The lowest BCUT2D eigenvalue weighted by Gasteiger charge is -2.09. The van der Waals surface area contributed by atoms with E-state index in [9.17, 15) is 41.1 Å². The Kier molecular flexibility index (Phi) is 7.63. The highest BCUT2D eigenvalue weighted by Gasteiger charge is 2.28. The molecule has 0 aromatic heterocycles. The van der Waals surface area contributed by atoms with Gasteiger partial charge in [-0.2, -0.15) is 13.2 Å². The van der Waals surface area contributed by atoms with Gasteiger partial charge in [0.1, 0.15) is 24.7 Å². The molecule has 0 saturated carbocycles. The smallest absolute Gasteiger partial charge is 0.405 e. The molecule has 1 aromatic rings. The second-order valence-electron chi connectivity index (χ2n) is 4.81. The van der Waals surface area contributed by atoms with Gasteiger partial charge in [0.25, 0.3) is 11.8 Å². The van der Waals surface area contributed by atoms with Gasteiger partial charge in [0, 0.05) is 6.07 Å². The summed E-state index contributed by atoms with van der Waals surface area (Å²) in [5, 5.41) is 4.77. The zero-order valence-corrected chi connectivity index (χ0v) is 13.3. The average Bonchev–Trinajstić information content (AvgIpc) is 2.55. The molecule has 1 rings (SSSR count). The summed E-state index contributed by atoms with van der Waals surface area (Å²) in [6, 6.07) is 0.679. The van der Waals surface area contributed by atoms with Crippen molar-refractivity contribution in [1.29, 1.82) is 0 Å². The minimum atomic E-state index is -4.67. The van der Waals surface area contributed by atoms with Crippen molar-refractivity contribution in [3.05, 3.63) is 35.4 Å². The molecule has 0 saturated heterocycles. The minimum absolute atomic E-state index is 0.460. The normalized spacial score (nSPS) is 10.7. The van der Waals surface area contributed by atoms with Gasteiger partial charge in [0.05, 0.1) is 5.56 Å². The van der Waals surface area contributed by atoms with Crippen molar-refractivity contribution in [2.24, 2.45) is 0 Å². The average molecular weight is 397 g/mol. The first-order valence-corrected chi connectivity index (χ1v) is 7.01. The first-order valence-electron chi connectivity index (χ1n) is 7.01. The number of hydrogen-bond donors (Lipinski definition) is 3. The van der Waals surface area contributed by atoms with Crippen molar-refractivity contribution in [2.45, 2.75) is 6.18 Å². The third kappa shape index (κ3) is 8.60. The molecular formula is C14H12F5N3O5. The number of alkyl halides is 3. The molecule has 0 atom stereocenters. The van der Waals surface area contributed by atoms with Crippen LogP contribution in [0.1, 0.15) is 10.4 Å². The van der Waals surface area contributed by atoms with Crippen LogP contribution in [0.5, 0.6) is 0 Å². The number of ether oxygens (including phenoxy) is 1. The molecule has 27 heavy (non-hydrogen) atoms. The molecule has 13 heteroatoms. The van der Waals surface area contributed by atoms with Crippen LogP contribution >= 0.6 is 0 Å². The van der Waals surface area contributed by atoms with Crippen LogP contribution in [0.2, 0.25) is 0 Å². The number of imide groups is 1. The van der Waals surface area contributed by atoms with Gasteiger partial charge in [-0.15, -0.1) is 0 Å². The summed E-state index contributed by atoms with van der Waals surface area (Å²) < 4.78 is 66.0. The maximum Gasteiger partial charge on any atom is 0.405 e. The molecule has 148 valence electrons. The van der Waals surface area contributed by atoms with Crippen LogP contribution in [0.25, 0.3) is 0 Å². The standard InChI is InChI=1S/C14H12F5N3O5/c15-7-1-2-8(9(16)3-7)12(25)20-4-11(24)27-5-10(23)22-13(26)21-6-14(17,18)19/h1-3H,4-6H2,(H,20,25)(H2,21,22,23,26). The lowest BCUT2D eigenvalue weighted by molar-refractivity contribution is -0.147. The first kappa shape index (κ1) is 21.8. The van der Waals surface area contributed by atoms with Crippen LogP contribution in [0.4, 0.5) is 26.7 Å². The van der Waals surface area contributed by atoms with Crippen LogP contribution in [0, 0.1) is 11.6 Å². The van der Waals surface area contributed by atoms with Gasteiger partial charge >= 0.3 is 18.2 Å². The molecule has 3 N–H and O–H groups in total. The van der Waals surface area contributed by atoms with Crippen LogP contribution in [0.3, 0.4) is 0 Å². The van der Waals surface area contributed by atoms with Crippen LogP contribution in [-0.4, -0.2) is 49.7 Å². The Hall–Kier alpha value is -3.25. The molecule has 0 bridgehead atoms. The van der Waals surface area contributed by atoms with Crippen LogP contribution in [-0.2, 0) is 14.3 Å². The largest absolute Gasteiger partial charge is 0.454 e. The Morgan fingerprint density at radius 3 is 2.30 bits per heavy atom. The number of benzene rings is 1. The van der Waals surface area contributed by atoms with Crippen molar-refractivity contribution in [1.82, 2.24) is 16.0 Å².